The summed E-state index contributed by atoms with van der Waals surface area (Å²) >= 11 is 0. The second-order valence-electron chi connectivity index (χ2n) is 6.23. The molecule has 2 amide bonds. The second kappa shape index (κ2) is 7.09. The molecule has 0 unspecified atom stereocenters. The van der Waals surface area contributed by atoms with E-state index in [1.54, 1.807) is 11.0 Å². The number of para-hydroxylation sites is 2. The summed E-state index contributed by atoms with van der Waals surface area (Å²) in [6.07, 6.45) is -0.197. The van der Waals surface area contributed by atoms with E-state index in [0.717, 1.165) is 13.0 Å². The zero-order valence-corrected chi connectivity index (χ0v) is 13.8. The Hall–Kier alpha value is -2.28. The molecule has 2 aliphatic rings. The molecule has 1 fully saturated rings. The normalized spacial score (nSPS) is 24.3. The number of nitrogens with two attached hydrogens (primary N) is 1. The summed E-state index contributed by atoms with van der Waals surface area (Å²) in [5.41, 5.74) is 5.25. The standard InChI is InChI=1S/C17H23N3O4/c1-12-16(24-14-6-3-2-5-13(14)23-12)17(22)20-8-4-7-19(9-10-20)11-15(18)21/h2-3,5-6,12,16H,4,7-11H2,1H3,(H2,18,21)/t12-,16+/m1/s1. The number of primary amides is 1. The van der Waals surface area contributed by atoms with Gasteiger partial charge in [0.25, 0.3) is 5.91 Å². The van der Waals surface area contributed by atoms with Gasteiger partial charge in [-0.2, -0.15) is 0 Å². The SMILES string of the molecule is C[C@H]1Oc2ccccc2O[C@@H]1C(=O)N1CCCN(CC(N)=O)CC1. The quantitative estimate of drug-likeness (QED) is 0.856. The molecule has 130 valence electrons. The van der Waals surface area contributed by atoms with Crippen molar-refractivity contribution in [3.63, 3.8) is 0 Å². The molecular formula is C17H23N3O4. The number of rotatable bonds is 3. The number of fused-ring (bicyclic) bond motifs is 1. The topological polar surface area (TPSA) is 85.1 Å². The van der Waals surface area contributed by atoms with Crippen molar-refractivity contribution in [2.75, 3.05) is 32.7 Å². The monoisotopic (exact) mass is 333 g/mol. The van der Waals surface area contributed by atoms with Gasteiger partial charge >= 0.3 is 0 Å². The molecule has 1 aromatic rings. The Bertz CT molecular complexity index is 622. The Labute approximate surface area is 141 Å². The van der Waals surface area contributed by atoms with Crippen molar-refractivity contribution in [1.29, 1.82) is 0 Å². The van der Waals surface area contributed by atoms with Gasteiger partial charge in [0.2, 0.25) is 12.0 Å². The molecule has 2 aliphatic heterocycles. The average molecular weight is 333 g/mol. The number of nitrogens with zero attached hydrogens (tertiary/aromatic N) is 2. The summed E-state index contributed by atoms with van der Waals surface area (Å²) in [6.45, 7) is 4.66. The molecule has 7 nitrogen and oxygen atoms in total. The molecule has 1 aromatic carbocycles. The molecule has 24 heavy (non-hydrogen) atoms. The summed E-state index contributed by atoms with van der Waals surface area (Å²) in [6, 6.07) is 7.37. The van der Waals surface area contributed by atoms with Crippen LogP contribution < -0.4 is 15.2 Å². The number of hydrogen-bond acceptors (Lipinski definition) is 5. The Morgan fingerprint density at radius 1 is 1.12 bits per heavy atom. The van der Waals surface area contributed by atoms with Gasteiger partial charge < -0.3 is 20.1 Å². The minimum Gasteiger partial charge on any atom is -0.482 e. The largest absolute Gasteiger partial charge is 0.482 e. The maximum atomic E-state index is 12.9. The maximum absolute atomic E-state index is 12.9. The first-order valence-corrected chi connectivity index (χ1v) is 8.26. The van der Waals surface area contributed by atoms with E-state index in [1.165, 1.54) is 0 Å². The van der Waals surface area contributed by atoms with Gasteiger partial charge in [-0.25, -0.2) is 0 Å². The van der Waals surface area contributed by atoms with E-state index in [9.17, 15) is 9.59 Å². The third-order valence-corrected chi connectivity index (χ3v) is 4.37. The van der Waals surface area contributed by atoms with Gasteiger partial charge in [-0.1, -0.05) is 12.1 Å². The molecule has 2 heterocycles. The Morgan fingerprint density at radius 2 is 1.83 bits per heavy atom. The highest BCUT2D eigenvalue weighted by atomic mass is 16.6. The Balaban J connectivity index is 1.65. The predicted octanol–water partition coefficient (Wildman–Crippen LogP) is 0.235. The first-order chi connectivity index (χ1) is 11.5. The molecule has 0 saturated carbocycles. The van der Waals surface area contributed by atoms with Crippen LogP contribution in [0, 0.1) is 0 Å². The summed E-state index contributed by atoms with van der Waals surface area (Å²) in [7, 11) is 0. The third kappa shape index (κ3) is 3.62. The van der Waals surface area contributed by atoms with Crippen LogP contribution in [0.15, 0.2) is 24.3 Å². The van der Waals surface area contributed by atoms with Crippen LogP contribution in [-0.2, 0) is 9.59 Å². The van der Waals surface area contributed by atoms with Crippen LogP contribution in [0.3, 0.4) is 0 Å². The van der Waals surface area contributed by atoms with Gasteiger partial charge in [-0.3, -0.25) is 14.5 Å². The number of benzene rings is 1. The summed E-state index contributed by atoms with van der Waals surface area (Å²) < 4.78 is 11.7. The van der Waals surface area contributed by atoms with E-state index in [4.69, 9.17) is 15.2 Å². The van der Waals surface area contributed by atoms with Gasteiger partial charge in [-0.15, -0.1) is 0 Å². The molecule has 0 spiro atoms. The summed E-state index contributed by atoms with van der Waals surface area (Å²) in [4.78, 5) is 27.7. The zero-order valence-electron chi connectivity index (χ0n) is 13.8. The molecule has 0 bridgehead atoms. The average Bonchev–Trinajstić information content (AvgIpc) is 2.78. The van der Waals surface area contributed by atoms with E-state index in [2.05, 4.69) is 0 Å². The van der Waals surface area contributed by atoms with Crippen molar-refractivity contribution in [2.45, 2.75) is 25.6 Å². The fraction of sp³-hybridized carbons (Fsp3) is 0.529. The lowest BCUT2D eigenvalue weighted by atomic mass is 10.1. The lowest BCUT2D eigenvalue weighted by molar-refractivity contribution is -0.144. The predicted molar refractivity (Wildman–Crippen MR) is 87.8 cm³/mol. The van der Waals surface area contributed by atoms with Crippen LogP contribution in [0.5, 0.6) is 11.5 Å². The van der Waals surface area contributed by atoms with Crippen LogP contribution in [-0.4, -0.2) is 66.5 Å². The molecule has 0 aromatic heterocycles. The maximum Gasteiger partial charge on any atom is 0.267 e. The molecule has 3 rings (SSSR count). The fourth-order valence-electron chi connectivity index (χ4n) is 3.14. The number of hydrogen-bond donors (Lipinski definition) is 1. The minimum absolute atomic E-state index is 0.0714. The lowest BCUT2D eigenvalue weighted by Crippen LogP contribution is -2.51. The van der Waals surface area contributed by atoms with E-state index in [1.807, 2.05) is 30.0 Å². The van der Waals surface area contributed by atoms with Crippen molar-refractivity contribution in [3.05, 3.63) is 24.3 Å². The van der Waals surface area contributed by atoms with Crippen molar-refractivity contribution in [3.8, 4) is 11.5 Å². The van der Waals surface area contributed by atoms with E-state index >= 15 is 0 Å². The van der Waals surface area contributed by atoms with Crippen molar-refractivity contribution < 1.29 is 19.1 Å². The van der Waals surface area contributed by atoms with Crippen molar-refractivity contribution in [1.82, 2.24) is 9.80 Å². The van der Waals surface area contributed by atoms with Gasteiger partial charge in [0.1, 0.15) is 6.10 Å². The van der Waals surface area contributed by atoms with Gasteiger partial charge in [0.05, 0.1) is 6.54 Å². The number of carbonyl (C=O) groups excluding carboxylic acids is 2. The summed E-state index contributed by atoms with van der Waals surface area (Å²) in [5.74, 6) is 0.846. The molecule has 1 saturated heterocycles. The first-order valence-electron chi connectivity index (χ1n) is 8.26. The van der Waals surface area contributed by atoms with Gasteiger partial charge in [0.15, 0.2) is 11.5 Å². The highest BCUT2D eigenvalue weighted by Gasteiger charge is 2.37. The van der Waals surface area contributed by atoms with Crippen molar-refractivity contribution >= 4 is 11.8 Å². The third-order valence-electron chi connectivity index (χ3n) is 4.37. The molecule has 0 radical (unpaired) electrons. The van der Waals surface area contributed by atoms with Gasteiger partial charge in [-0.05, 0) is 25.5 Å². The molecule has 2 N–H and O–H groups in total. The minimum atomic E-state index is -0.650. The second-order valence-corrected chi connectivity index (χ2v) is 6.23. The molecule has 0 aliphatic carbocycles. The van der Waals surface area contributed by atoms with Crippen LogP contribution in [0.4, 0.5) is 0 Å². The molecule has 2 atom stereocenters. The van der Waals surface area contributed by atoms with E-state index < -0.39 is 6.10 Å². The molecule has 7 heteroatoms. The first kappa shape index (κ1) is 16.6. The fourth-order valence-corrected chi connectivity index (χ4v) is 3.14. The number of carbonyl (C=O) groups is 2. The van der Waals surface area contributed by atoms with Crippen LogP contribution in [0.2, 0.25) is 0 Å². The van der Waals surface area contributed by atoms with Gasteiger partial charge in [0, 0.05) is 26.2 Å². The highest BCUT2D eigenvalue weighted by Crippen LogP contribution is 2.33. The van der Waals surface area contributed by atoms with E-state index in [-0.39, 0.29) is 24.5 Å². The Kier molecular flexibility index (Phi) is 4.89. The molecular weight excluding hydrogens is 310 g/mol. The smallest absolute Gasteiger partial charge is 0.267 e. The van der Waals surface area contributed by atoms with Crippen LogP contribution in [0.1, 0.15) is 13.3 Å². The van der Waals surface area contributed by atoms with Crippen LogP contribution in [0.25, 0.3) is 0 Å². The number of ether oxygens (including phenoxy) is 2. The Morgan fingerprint density at radius 3 is 2.54 bits per heavy atom. The lowest BCUT2D eigenvalue weighted by Gasteiger charge is -2.34. The van der Waals surface area contributed by atoms with Crippen molar-refractivity contribution in [2.24, 2.45) is 5.73 Å². The van der Waals surface area contributed by atoms with E-state index in [0.29, 0.717) is 31.1 Å². The highest BCUT2D eigenvalue weighted by molar-refractivity contribution is 5.82. The summed E-state index contributed by atoms with van der Waals surface area (Å²) in [5, 5.41) is 0. The zero-order chi connectivity index (χ0) is 17.1. The number of amides is 2. The van der Waals surface area contributed by atoms with Crippen LogP contribution >= 0.6 is 0 Å².